The van der Waals surface area contributed by atoms with Crippen LogP contribution in [0.2, 0.25) is 5.15 Å². The van der Waals surface area contributed by atoms with Gasteiger partial charge in [-0.05, 0) is 126 Å². The zero-order valence-corrected chi connectivity index (χ0v) is 31.9. The van der Waals surface area contributed by atoms with Gasteiger partial charge in [0, 0.05) is 35.4 Å². The lowest BCUT2D eigenvalue weighted by Crippen LogP contribution is -2.52. The van der Waals surface area contributed by atoms with Gasteiger partial charge in [-0.2, -0.15) is 0 Å². The number of hydrogen-bond acceptors (Lipinski definition) is 10. The van der Waals surface area contributed by atoms with E-state index in [1.807, 2.05) is 27.0 Å². The summed E-state index contributed by atoms with van der Waals surface area (Å²) in [4.78, 5) is 45.4. The molecule has 6 aliphatic rings. The first-order valence-electron chi connectivity index (χ1n) is 19.2. The largest absolute Gasteiger partial charge is 0.466 e. The number of esters is 2. The highest BCUT2D eigenvalue weighted by Crippen LogP contribution is 2.48. The standard InChI is InChI=1S/C23H26FN5O2.C17H22ClFN2O2/c1-3-31-23(30)18-13-4-6-14(7-5-13)20(18)29-22-17(24)8-12(2)19(28-22)15-10-26-21-16(15)9-25-11-27-21;1-3-23-17(22)13-10-4-6-11(7-5-10)14(13)20-16-12(19)8-9(2)15(18)21-16/h8-11,13-14,18,20H,3-7H2,1-2H3,(H,28,29)(H,25,26,27);8,10-11,13-14H,3-7H2,1-2H3,(H,20,21)/t13?,14?,18-,20-;10?,11?,13-,14-/m00/s1. The highest BCUT2D eigenvalue weighted by Gasteiger charge is 2.49. The van der Waals surface area contributed by atoms with Crippen molar-refractivity contribution in [3.8, 4) is 11.3 Å². The third-order valence-corrected chi connectivity index (χ3v) is 12.4. The van der Waals surface area contributed by atoms with Crippen LogP contribution in [0.5, 0.6) is 0 Å². The molecule has 0 radical (unpaired) electrons. The third-order valence-electron chi connectivity index (χ3n) is 12.0. The molecule has 4 aromatic rings. The minimum Gasteiger partial charge on any atom is -0.466 e. The minimum atomic E-state index is -0.434. The van der Waals surface area contributed by atoms with Crippen LogP contribution in [0.4, 0.5) is 20.4 Å². The van der Waals surface area contributed by atoms with Gasteiger partial charge in [0.05, 0.1) is 30.7 Å². The first kappa shape index (κ1) is 37.9. The summed E-state index contributed by atoms with van der Waals surface area (Å²) in [6.45, 7) is 7.89. The molecule has 0 aliphatic heterocycles. The Bertz CT molecular complexity index is 2000. The Morgan fingerprint density at radius 2 is 1.30 bits per heavy atom. The molecule has 4 heterocycles. The number of halogens is 3. The van der Waals surface area contributed by atoms with Gasteiger partial charge in [0.2, 0.25) is 0 Å². The van der Waals surface area contributed by atoms with Crippen LogP contribution in [-0.2, 0) is 19.1 Å². The molecule has 4 aromatic heterocycles. The van der Waals surface area contributed by atoms with Gasteiger partial charge in [-0.25, -0.2) is 28.7 Å². The van der Waals surface area contributed by atoms with Gasteiger partial charge in [-0.15, -0.1) is 0 Å². The van der Waals surface area contributed by atoms with E-state index < -0.39 is 11.6 Å². The second kappa shape index (κ2) is 16.1. The fourth-order valence-corrected chi connectivity index (χ4v) is 9.59. The van der Waals surface area contributed by atoms with Crippen LogP contribution >= 0.6 is 11.6 Å². The number of rotatable bonds is 9. The number of aryl methyl sites for hydroxylation is 2. The molecular formula is C40H48ClF2N7O4. The molecule has 0 amide bonds. The second-order valence-corrected chi connectivity index (χ2v) is 15.5. The van der Waals surface area contributed by atoms with E-state index in [-0.39, 0.29) is 58.6 Å². The minimum absolute atomic E-state index is 0.132. The first-order valence-corrected chi connectivity index (χ1v) is 19.6. The third kappa shape index (κ3) is 7.48. The van der Waals surface area contributed by atoms with Crippen LogP contribution in [0.25, 0.3) is 22.3 Å². The Hall–Kier alpha value is -4.39. The maximum absolute atomic E-state index is 15.0. The van der Waals surface area contributed by atoms with Crippen molar-refractivity contribution in [3.63, 3.8) is 0 Å². The molecule has 3 N–H and O–H groups in total. The zero-order chi connectivity index (χ0) is 38.1. The van der Waals surface area contributed by atoms with Crippen molar-refractivity contribution in [2.45, 2.75) is 91.1 Å². The molecule has 288 valence electrons. The lowest BCUT2D eigenvalue weighted by molar-refractivity contribution is -0.155. The van der Waals surface area contributed by atoms with Gasteiger partial charge < -0.3 is 25.1 Å². The maximum atomic E-state index is 15.0. The number of nitrogens with zero attached hydrogens (tertiary/aromatic N) is 4. The summed E-state index contributed by atoms with van der Waals surface area (Å²) < 4.78 is 39.8. The molecule has 4 bridgehead atoms. The Kier molecular flexibility index (Phi) is 11.3. The Morgan fingerprint density at radius 1 is 0.796 bits per heavy atom. The molecule has 6 aliphatic carbocycles. The number of carbonyl (C=O) groups is 2. The van der Waals surface area contributed by atoms with E-state index in [2.05, 4.69) is 35.6 Å². The van der Waals surface area contributed by atoms with Crippen LogP contribution in [0.15, 0.2) is 30.9 Å². The molecule has 6 saturated carbocycles. The lowest BCUT2D eigenvalue weighted by Gasteiger charge is -2.47. The Labute approximate surface area is 318 Å². The number of aromatic nitrogens is 5. The molecule has 4 atom stereocenters. The molecule has 6 fully saturated rings. The molecule has 11 nitrogen and oxygen atoms in total. The fraction of sp³-hybridized carbons (Fsp3) is 0.550. The van der Waals surface area contributed by atoms with Crippen LogP contribution in [-0.4, -0.2) is 62.2 Å². The van der Waals surface area contributed by atoms with Gasteiger partial charge in [-0.1, -0.05) is 11.6 Å². The number of fused-ring (bicyclic) bond motifs is 7. The molecule has 10 rings (SSSR count). The van der Waals surface area contributed by atoms with Crippen LogP contribution < -0.4 is 10.6 Å². The van der Waals surface area contributed by atoms with Crippen molar-refractivity contribution < 1.29 is 27.8 Å². The van der Waals surface area contributed by atoms with Gasteiger partial charge >= 0.3 is 11.9 Å². The fourth-order valence-electron chi connectivity index (χ4n) is 9.45. The normalized spacial score (nSPS) is 26.9. The summed E-state index contributed by atoms with van der Waals surface area (Å²) in [5.74, 6) is -0.163. The molecule has 0 aromatic carbocycles. The summed E-state index contributed by atoms with van der Waals surface area (Å²) >= 11 is 6.02. The number of H-pyrrole nitrogens is 1. The van der Waals surface area contributed by atoms with Gasteiger partial charge in [0.15, 0.2) is 23.3 Å². The van der Waals surface area contributed by atoms with E-state index in [1.54, 1.807) is 13.1 Å². The van der Waals surface area contributed by atoms with Crippen LogP contribution in [0.1, 0.15) is 76.3 Å². The Morgan fingerprint density at radius 3 is 1.83 bits per heavy atom. The summed E-state index contributed by atoms with van der Waals surface area (Å²) in [6.07, 6.45) is 13.3. The highest BCUT2D eigenvalue weighted by molar-refractivity contribution is 6.30. The van der Waals surface area contributed by atoms with Crippen molar-refractivity contribution in [2.75, 3.05) is 23.8 Å². The number of anilines is 2. The van der Waals surface area contributed by atoms with E-state index in [0.717, 1.165) is 67.9 Å². The van der Waals surface area contributed by atoms with Crippen LogP contribution in [0, 0.1) is 61.0 Å². The molecule has 0 saturated heterocycles. The van der Waals surface area contributed by atoms with E-state index in [4.69, 9.17) is 21.1 Å². The molecule has 0 spiro atoms. The molecular weight excluding hydrogens is 716 g/mol. The predicted molar refractivity (Wildman–Crippen MR) is 202 cm³/mol. The average molecular weight is 764 g/mol. The summed E-state index contributed by atoms with van der Waals surface area (Å²) in [5.41, 5.74) is 3.51. The number of hydrogen-bond donors (Lipinski definition) is 3. The summed E-state index contributed by atoms with van der Waals surface area (Å²) in [5, 5.41) is 7.60. The first-order chi connectivity index (χ1) is 26.1. The number of ether oxygens (including phenoxy) is 2. The topological polar surface area (TPSA) is 144 Å². The SMILES string of the molecule is CCOC(=O)[C@H]1C2CCC(CC2)[C@@H]1Nc1nc(-c2c[nH]c3ncncc23)c(C)cc1F.CCOC(=O)[C@H]1C2CCC(CC2)[C@@H]1Nc1nc(Cl)c(C)cc1F. The second-order valence-electron chi connectivity index (χ2n) is 15.1. The Balaban J connectivity index is 0.000000175. The van der Waals surface area contributed by atoms with Gasteiger partial charge in [-0.3, -0.25) is 9.59 Å². The molecule has 54 heavy (non-hydrogen) atoms. The van der Waals surface area contributed by atoms with E-state index in [1.165, 1.54) is 18.5 Å². The lowest BCUT2D eigenvalue weighted by atomic mass is 9.61. The van der Waals surface area contributed by atoms with E-state index in [9.17, 15) is 18.4 Å². The smallest absolute Gasteiger partial charge is 0.311 e. The average Bonchev–Trinajstić information content (AvgIpc) is 3.60. The highest BCUT2D eigenvalue weighted by atomic mass is 35.5. The monoisotopic (exact) mass is 763 g/mol. The molecule has 14 heteroatoms. The van der Waals surface area contributed by atoms with Gasteiger partial charge in [0.1, 0.15) is 17.1 Å². The van der Waals surface area contributed by atoms with E-state index in [0.29, 0.717) is 47.9 Å². The van der Waals surface area contributed by atoms with Crippen molar-refractivity contribution in [1.29, 1.82) is 0 Å². The zero-order valence-electron chi connectivity index (χ0n) is 31.1. The van der Waals surface area contributed by atoms with Crippen LogP contribution in [0.3, 0.4) is 0 Å². The number of carbonyl (C=O) groups excluding carboxylic acids is 2. The van der Waals surface area contributed by atoms with Crippen molar-refractivity contribution in [2.24, 2.45) is 35.5 Å². The van der Waals surface area contributed by atoms with Gasteiger partial charge in [0.25, 0.3) is 0 Å². The quantitative estimate of drug-likeness (QED) is 0.113. The maximum Gasteiger partial charge on any atom is 0.311 e. The summed E-state index contributed by atoms with van der Waals surface area (Å²) in [7, 11) is 0. The molecule has 0 unspecified atom stereocenters. The van der Waals surface area contributed by atoms with E-state index >= 15 is 0 Å². The van der Waals surface area contributed by atoms with Crippen molar-refractivity contribution in [3.05, 3.63) is 58.8 Å². The number of nitrogens with one attached hydrogen (secondary N) is 3. The number of aromatic amines is 1. The summed E-state index contributed by atoms with van der Waals surface area (Å²) in [6, 6.07) is 2.56. The number of pyridine rings is 2. The van der Waals surface area contributed by atoms with Crippen molar-refractivity contribution >= 4 is 46.2 Å². The van der Waals surface area contributed by atoms with Crippen molar-refractivity contribution in [1.82, 2.24) is 24.9 Å². The predicted octanol–water partition coefficient (Wildman–Crippen LogP) is 8.21.